The fourth-order valence-corrected chi connectivity index (χ4v) is 3.23. The lowest BCUT2D eigenvalue weighted by molar-refractivity contribution is 0.239. The second kappa shape index (κ2) is 6.59. The average molecular weight is 337 g/mol. The third-order valence-electron chi connectivity index (χ3n) is 4.58. The molecule has 0 aliphatic heterocycles. The lowest BCUT2D eigenvalue weighted by Gasteiger charge is -2.25. The number of halogens is 1. The van der Waals surface area contributed by atoms with E-state index >= 15 is 0 Å². The van der Waals surface area contributed by atoms with E-state index in [4.69, 9.17) is 0 Å². The first kappa shape index (κ1) is 14.6. The molecule has 2 fully saturated rings. The van der Waals surface area contributed by atoms with Crippen molar-refractivity contribution < 1.29 is 0 Å². The highest BCUT2D eigenvalue weighted by molar-refractivity contribution is 9.10. The van der Waals surface area contributed by atoms with E-state index in [1.807, 2.05) is 0 Å². The van der Waals surface area contributed by atoms with Crippen molar-refractivity contribution in [2.45, 2.75) is 44.2 Å². The van der Waals surface area contributed by atoms with Crippen LogP contribution >= 0.6 is 15.9 Å². The minimum atomic E-state index is 0.476. The van der Waals surface area contributed by atoms with Crippen LogP contribution < -0.4 is 5.32 Å². The summed E-state index contributed by atoms with van der Waals surface area (Å²) in [6, 6.07) is 10.1. The van der Waals surface area contributed by atoms with Crippen LogP contribution in [0.3, 0.4) is 0 Å². The van der Waals surface area contributed by atoms with E-state index in [2.05, 4.69) is 57.5 Å². The minimum absolute atomic E-state index is 0.476. The van der Waals surface area contributed by atoms with Gasteiger partial charge in [0.2, 0.25) is 0 Å². The predicted molar refractivity (Wildman–Crippen MR) is 87.9 cm³/mol. The van der Waals surface area contributed by atoms with Crippen molar-refractivity contribution >= 4 is 15.9 Å². The fourth-order valence-electron chi connectivity index (χ4n) is 2.96. The molecule has 110 valence electrons. The molecular weight excluding hydrogens is 312 g/mol. The third-order valence-corrected chi connectivity index (χ3v) is 5.11. The summed E-state index contributed by atoms with van der Waals surface area (Å²) < 4.78 is 1.16. The van der Waals surface area contributed by atoms with Crippen molar-refractivity contribution in [3.63, 3.8) is 0 Å². The summed E-state index contributed by atoms with van der Waals surface area (Å²) >= 11 is 3.51. The van der Waals surface area contributed by atoms with E-state index in [1.165, 1.54) is 50.8 Å². The van der Waals surface area contributed by atoms with Crippen LogP contribution in [-0.2, 0) is 0 Å². The van der Waals surface area contributed by atoms with Crippen LogP contribution in [0.1, 0.15) is 43.7 Å². The molecule has 0 bridgehead atoms. The summed E-state index contributed by atoms with van der Waals surface area (Å²) in [6.45, 7) is 2.59. The lowest BCUT2D eigenvalue weighted by atomic mass is 10.0. The Kier molecular flexibility index (Phi) is 4.79. The monoisotopic (exact) mass is 336 g/mol. The zero-order chi connectivity index (χ0) is 13.9. The molecule has 20 heavy (non-hydrogen) atoms. The summed E-state index contributed by atoms with van der Waals surface area (Å²) in [5.41, 5.74) is 1.40. The number of nitrogens with one attached hydrogen (secondary N) is 1. The van der Waals surface area contributed by atoms with Crippen LogP contribution in [0.5, 0.6) is 0 Å². The molecule has 0 heterocycles. The number of hydrogen-bond donors (Lipinski definition) is 1. The van der Waals surface area contributed by atoms with Crippen molar-refractivity contribution in [2.24, 2.45) is 5.92 Å². The van der Waals surface area contributed by atoms with Gasteiger partial charge in [0.15, 0.2) is 0 Å². The van der Waals surface area contributed by atoms with Crippen LogP contribution in [0.15, 0.2) is 28.7 Å². The van der Waals surface area contributed by atoms with Gasteiger partial charge in [0.25, 0.3) is 0 Å². The summed E-state index contributed by atoms with van der Waals surface area (Å²) in [6.07, 6.45) is 6.99. The van der Waals surface area contributed by atoms with Gasteiger partial charge in [0.1, 0.15) is 0 Å². The maximum absolute atomic E-state index is 3.51. The molecule has 1 atom stereocenters. The second-order valence-electron chi connectivity index (χ2n) is 6.35. The number of benzene rings is 1. The summed E-state index contributed by atoms with van der Waals surface area (Å²) in [5, 5.41) is 3.48. The maximum atomic E-state index is 3.51. The van der Waals surface area contributed by atoms with Gasteiger partial charge >= 0.3 is 0 Å². The summed E-state index contributed by atoms with van der Waals surface area (Å²) in [4.78, 5) is 2.75. The Morgan fingerprint density at radius 2 is 1.90 bits per heavy atom. The Morgan fingerprint density at radius 3 is 2.45 bits per heavy atom. The van der Waals surface area contributed by atoms with E-state index in [1.54, 1.807) is 0 Å². The van der Waals surface area contributed by atoms with Gasteiger partial charge in [-0.15, -0.1) is 0 Å². The number of hydrogen-bond acceptors (Lipinski definition) is 2. The summed E-state index contributed by atoms with van der Waals surface area (Å²) in [5.74, 6) is 1.01. The maximum Gasteiger partial charge on any atom is 0.0329 e. The zero-order valence-corrected chi connectivity index (χ0v) is 13.9. The van der Waals surface area contributed by atoms with Crippen molar-refractivity contribution in [1.29, 1.82) is 0 Å². The van der Waals surface area contributed by atoms with Crippen LogP contribution in [0.4, 0.5) is 0 Å². The molecule has 1 aromatic carbocycles. The molecule has 1 aromatic rings. The molecule has 0 amide bonds. The van der Waals surface area contributed by atoms with E-state index < -0.39 is 0 Å². The molecule has 0 radical (unpaired) electrons. The van der Waals surface area contributed by atoms with Crippen molar-refractivity contribution in [1.82, 2.24) is 10.2 Å². The fraction of sp³-hybridized carbons (Fsp3) is 0.647. The Hall–Kier alpha value is -0.380. The molecule has 2 aliphatic rings. The third kappa shape index (κ3) is 4.06. The highest BCUT2D eigenvalue weighted by Crippen LogP contribution is 2.35. The molecular formula is C17H25BrN2. The molecule has 0 saturated heterocycles. The SMILES string of the molecule is CNC(CCN(CC1CC1)C1CC1)c1ccc(Br)cc1. The van der Waals surface area contributed by atoms with E-state index in [-0.39, 0.29) is 0 Å². The van der Waals surface area contributed by atoms with Gasteiger partial charge in [-0.1, -0.05) is 28.1 Å². The first-order valence-electron chi connectivity index (χ1n) is 7.93. The Labute approximate surface area is 131 Å². The van der Waals surface area contributed by atoms with E-state index in [9.17, 15) is 0 Å². The Bertz CT molecular complexity index is 423. The molecule has 0 aromatic heterocycles. The van der Waals surface area contributed by atoms with Gasteiger partial charge in [-0.3, -0.25) is 0 Å². The number of nitrogens with zero attached hydrogens (tertiary/aromatic N) is 1. The molecule has 3 heteroatoms. The first-order valence-corrected chi connectivity index (χ1v) is 8.72. The molecule has 1 unspecified atom stereocenters. The highest BCUT2D eigenvalue weighted by Gasteiger charge is 2.33. The second-order valence-corrected chi connectivity index (χ2v) is 7.27. The zero-order valence-electron chi connectivity index (χ0n) is 12.3. The smallest absolute Gasteiger partial charge is 0.0329 e. The molecule has 2 nitrogen and oxygen atoms in total. The van der Waals surface area contributed by atoms with Gasteiger partial charge in [0, 0.05) is 29.6 Å². The highest BCUT2D eigenvalue weighted by atomic mass is 79.9. The average Bonchev–Trinajstić information content (AvgIpc) is 3.33. The van der Waals surface area contributed by atoms with Gasteiger partial charge in [-0.05, 0) is 62.8 Å². The predicted octanol–water partition coefficient (Wildman–Crippen LogP) is 3.97. The largest absolute Gasteiger partial charge is 0.313 e. The van der Waals surface area contributed by atoms with Crippen LogP contribution in [0.25, 0.3) is 0 Å². The molecule has 3 rings (SSSR count). The topological polar surface area (TPSA) is 15.3 Å². The summed E-state index contributed by atoms with van der Waals surface area (Å²) in [7, 11) is 2.08. The van der Waals surface area contributed by atoms with Gasteiger partial charge in [0.05, 0.1) is 0 Å². The van der Waals surface area contributed by atoms with Gasteiger partial charge in [-0.2, -0.15) is 0 Å². The van der Waals surface area contributed by atoms with Crippen molar-refractivity contribution in [2.75, 3.05) is 20.1 Å². The Balaban J connectivity index is 1.54. The molecule has 2 saturated carbocycles. The molecule has 0 spiro atoms. The van der Waals surface area contributed by atoms with Crippen LogP contribution in [0.2, 0.25) is 0 Å². The van der Waals surface area contributed by atoms with Gasteiger partial charge < -0.3 is 10.2 Å². The molecule has 2 aliphatic carbocycles. The standard InChI is InChI=1S/C17H25BrN2/c1-19-17(14-4-6-15(18)7-5-14)10-11-20(16-8-9-16)12-13-2-3-13/h4-7,13,16-17,19H,2-3,8-12H2,1H3. The van der Waals surface area contributed by atoms with Crippen molar-refractivity contribution in [3.8, 4) is 0 Å². The first-order chi connectivity index (χ1) is 9.76. The van der Waals surface area contributed by atoms with E-state index in [0.717, 1.165) is 16.4 Å². The number of rotatable bonds is 8. The van der Waals surface area contributed by atoms with E-state index in [0.29, 0.717) is 6.04 Å². The lowest BCUT2D eigenvalue weighted by Crippen LogP contribution is -2.32. The van der Waals surface area contributed by atoms with Crippen LogP contribution in [-0.4, -0.2) is 31.1 Å². The van der Waals surface area contributed by atoms with Crippen LogP contribution in [0, 0.1) is 5.92 Å². The van der Waals surface area contributed by atoms with Crippen molar-refractivity contribution in [3.05, 3.63) is 34.3 Å². The Morgan fingerprint density at radius 1 is 1.20 bits per heavy atom. The normalized spacial score (nSPS) is 20.4. The minimum Gasteiger partial charge on any atom is -0.313 e. The quantitative estimate of drug-likeness (QED) is 0.772. The van der Waals surface area contributed by atoms with Gasteiger partial charge in [-0.25, -0.2) is 0 Å². The molecule has 1 N–H and O–H groups in total.